The quantitative estimate of drug-likeness (QED) is 0.115. The Morgan fingerprint density at radius 1 is 0.694 bits per heavy atom. The number of rotatable bonds is 23. The maximum atomic E-state index is 13.2. The third kappa shape index (κ3) is 15.5. The van der Waals surface area contributed by atoms with E-state index in [1.54, 1.807) is 0 Å². The molecular weight excluding hydrogens is 514 g/mol. The fourth-order valence-electron chi connectivity index (χ4n) is 2.26. The third-order valence-electron chi connectivity index (χ3n) is 4.01. The van der Waals surface area contributed by atoms with Crippen molar-refractivity contribution in [3.05, 3.63) is 0 Å². The summed E-state index contributed by atoms with van der Waals surface area (Å²) in [4.78, 5) is 0. The molecule has 0 bridgehead atoms. The first-order valence-electron chi connectivity index (χ1n) is 10.8. The van der Waals surface area contributed by atoms with E-state index in [4.69, 9.17) is 67.4 Å². The van der Waals surface area contributed by atoms with E-state index in [2.05, 4.69) is 23.7 Å². The summed E-state index contributed by atoms with van der Waals surface area (Å²) in [6.45, 7) is -1.77. The van der Waals surface area contributed by atoms with Gasteiger partial charge >= 0.3 is 15.6 Å². The maximum absolute atomic E-state index is 13.2. The van der Waals surface area contributed by atoms with Gasteiger partial charge in [0.25, 0.3) is 0 Å². The zero-order valence-corrected chi connectivity index (χ0v) is 22.2. The smallest absolute Gasteiger partial charge is 0.396 e. The molecule has 0 saturated carbocycles. The Kier molecular flexibility index (Phi) is 19.5. The van der Waals surface area contributed by atoms with Crippen LogP contribution >= 0.6 is 15.6 Å². The average Bonchev–Trinajstić information content (AvgIpc) is 2.87. The van der Waals surface area contributed by atoms with Crippen LogP contribution in [-0.4, -0.2) is 78.3 Å². The van der Waals surface area contributed by atoms with Gasteiger partial charge in [-0.25, -0.2) is 9.13 Å². The lowest BCUT2D eigenvalue weighted by atomic mass is 9.92. The molecule has 2 unspecified atom stereocenters. The van der Waals surface area contributed by atoms with Crippen molar-refractivity contribution in [2.45, 2.75) is 19.3 Å². The van der Waals surface area contributed by atoms with Crippen LogP contribution in [0.5, 0.6) is 0 Å². The average molecular weight is 548 g/mol. The number of hydrogen-bond acceptors (Lipinski definition) is 11. The Bertz CT molecular complexity index is 843. The van der Waals surface area contributed by atoms with Crippen LogP contribution in [0.1, 0.15) is 19.3 Å². The maximum Gasteiger partial charge on any atom is 0.474 e. The molecule has 0 amide bonds. The minimum absolute atomic E-state index is 0.0801. The molecule has 1 N–H and O–H groups in total. The van der Waals surface area contributed by atoms with E-state index in [0.29, 0.717) is 0 Å². The number of phosphoric ester groups is 2. The fourth-order valence-corrected chi connectivity index (χ4v) is 4.62. The molecule has 0 rings (SSSR count). The molecule has 0 aromatic rings. The molecule has 0 aromatic heterocycles. The normalized spacial score (nSPS) is 14.5. The van der Waals surface area contributed by atoms with Crippen molar-refractivity contribution < 1.29 is 50.9 Å². The molecule has 0 aliphatic carbocycles. The van der Waals surface area contributed by atoms with E-state index in [1.807, 2.05) is 0 Å². The summed E-state index contributed by atoms with van der Waals surface area (Å²) in [6.07, 6.45) is 21.5. The van der Waals surface area contributed by atoms with Gasteiger partial charge in [-0.2, -0.15) is 0 Å². The minimum atomic E-state index is -4.15. The van der Waals surface area contributed by atoms with Crippen molar-refractivity contribution in [3.63, 3.8) is 0 Å². The molecule has 11 nitrogen and oxygen atoms in total. The highest BCUT2D eigenvalue weighted by Crippen LogP contribution is 2.52. The van der Waals surface area contributed by atoms with Crippen LogP contribution in [0.3, 0.4) is 0 Å². The Morgan fingerprint density at radius 2 is 1.17 bits per heavy atom. The molecule has 36 heavy (non-hydrogen) atoms. The lowest BCUT2D eigenvalue weighted by molar-refractivity contribution is -0.0686. The predicted molar refractivity (Wildman–Crippen MR) is 132 cm³/mol. The highest BCUT2D eigenvalue weighted by Gasteiger charge is 2.40. The molecule has 0 heterocycles. The van der Waals surface area contributed by atoms with Crippen LogP contribution in [0.2, 0.25) is 0 Å². The molecule has 0 aliphatic heterocycles. The monoisotopic (exact) mass is 548 g/mol. The van der Waals surface area contributed by atoms with Crippen LogP contribution in [0.25, 0.3) is 0 Å². The van der Waals surface area contributed by atoms with Crippen molar-refractivity contribution in [3.8, 4) is 49.4 Å². The Morgan fingerprint density at radius 3 is 1.61 bits per heavy atom. The van der Waals surface area contributed by atoms with Crippen molar-refractivity contribution in [1.29, 1.82) is 0 Å². The third-order valence-corrected chi connectivity index (χ3v) is 6.85. The molecule has 0 aliphatic rings. The second-order valence-electron chi connectivity index (χ2n) is 7.00. The zero-order chi connectivity index (χ0) is 27.2. The molecular formula is C23H34O11P2. The van der Waals surface area contributed by atoms with E-state index in [9.17, 15) is 9.13 Å². The summed E-state index contributed by atoms with van der Waals surface area (Å²) < 4.78 is 68.7. The number of phosphoric acid groups is 2. The van der Waals surface area contributed by atoms with E-state index < -0.39 is 27.7 Å². The Hall–Kier alpha value is -1.66. The number of hydrogen-bond donors (Lipinski definition) is 1. The van der Waals surface area contributed by atoms with Gasteiger partial charge < -0.3 is 14.6 Å². The summed E-state index contributed by atoms with van der Waals surface area (Å²) in [5.41, 5.74) is -1.27. The minimum Gasteiger partial charge on any atom is -0.396 e. The summed E-state index contributed by atoms with van der Waals surface area (Å²) in [5.74, 6) is 9.33. The Balaban J connectivity index is 5.82. The highest BCUT2D eigenvalue weighted by atomic mass is 31.2. The summed E-state index contributed by atoms with van der Waals surface area (Å²) in [6, 6.07) is 0. The zero-order valence-electron chi connectivity index (χ0n) is 20.4. The van der Waals surface area contributed by atoms with Crippen LogP contribution in [0, 0.1) is 54.8 Å². The second kappa shape index (κ2) is 20.4. The molecule has 0 saturated heterocycles. The first-order chi connectivity index (χ1) is 17.3. The van der Waals surface area contributed by atoms with E-state index in [-0.39, 0.29) is 78.7 Å². The number of aliphatic hydroxyl groups excluding tert-OH is 1. The van der Waals surface area contributed by atoms with Gasteiger partial charge in [0.2, 0.25) is 0 Å². The van der Waals surface area contributed by atoms with Gasteiger partial charge in [0.1, 0.15) is 13.2 Å². The summed E-state index contributed by atoms with van der Waals surface area (Å²) >= 11 is 0. The van der Waals surface area contributed by atoms with Gasteiger partial charge in [-0.15, -0.1) is 37.5 Å². The summed E-state index contributed by atoms with van der Waals surface area (Å²) in [5, 5.41) is 9.00. The van der Waals surface area contributed by atoms with Crippen molar-refractivity contribution in [2.24, 2.45) is 5.41 Å². The van der Waals surface area contributed by atoms with Crippen molar-refractivity contribution >= 4 is 15.6 Å². The van der Waals surface area contributed by atoms with Gasteiger partial charge in [0, 0.05) is 26.6 Å². The van der Waals surface area contributed by atoms with Crippen LogP contribution in [-0.2, 0) is 45.7 Å². The van der Waals surface area contributed by atoms with Crippen molar-refractivity contribution in [1.82, 2.24) is 0 Å². The SMILES string of the molecule is C#CCCOP(=O)(OC)OCC(COCC#C)(COCC#C)COP(=O)(OCCC#C)OCCCO. The standard InChI is InChI=1S/C23H34O11P2/c1-6-10-16-30-35(25,27-5)33-21-23(19-28-14-8-3,20-29-15-9-4)22-34-36(26,31-17-11-7-2)32-18-12-13-24/h1-4,24H,10-22H2,5H3. The molecule has 202 valence electrons. The molecule has 13 heteroatoms. The van der Waals surface area contributed by atoms with E-state index in [0.717, 1.165) is 7.11 Å². The molecule has 0 radical (unpaired) electrons. The first-order valence-corrected chi connectivity index (χ1v) is 13.7. The number of terminal acetylenes is 4. The molecule has 2 atom stereocenters. The van der Waals surface area contributed by atoms with Crippen LogP contribution < -0.4 is 0 Å². The van der Waals surface area contributed by atoms with Crippen LogP contribution in [0.4, 0.5) is 0 Å². The van der Waals surface area contributed by atoms with Gasteiger partial charge in [-0.1, -0.05) is 11.8 Å². The Labute approximate surface area is 214 Å². The van der Waals surface area contributed by atoms with Crippen LogP contribution in [0.15, 0.2) is 0 Å². The van der Waals surface area contributed by atoms with E-state index >= 15 is 0 Å². The molecule has 0 fully saturated rings. The van der Waals surface area contributed by atoms with Gasteiger partial charge in [-0.3, -0.25) is 27.1 Å². The molecule has 0 aromatic carbocycles. The largest absolute Gasteiger partial charge is 0.474 e. The van der Waals surface area contributed by atoms with E-state index in [1.165, 1.54) is 0 Å². The first kappa shape index (κ1) is 34.3. The predicted octanol–water partition coefficient (Wildman–Crippen LogP) is 2.65. The summed E-state index contributed by atoms with van der Waals surface area (Å²) in [7, 11) is -7.05. The van der Waals surface area contributed by atoms with Gasteiger partial charge in [0.05, 0.1) is 51.7 Å². The number of aliphatic hydroxyl groups is 1. The van der Waals surface area contributed by atoms with Crippen molar-refractivity contribution in [2.75, 3.05) is 73.2 Å². The lowest BCUT2D eigenvalue weighted by Crippen LogP contribution is -2.41. The highest BCUT2D eigenvalue weighted by molar-refractivity contribution is 7.48. The fraction of sp³-hybridized carbons (Fsp3) is 0.652. The van der Waals surface area contributed by atoms with Gasteiger partial charge in [0.15, 0.2) is 0 Å². The topological polar surface area (TPSA) is 128 Å². The second-order valence-corrected chi connectivity index (χ2v) is 10.4. The molecule has 0 spiro atoms. The number of ether oxygens (including phenoxy) is 2. The lowest BCUT2D eigenvalue weighted by Gasteiger charge is -2.34. The van der Waals surface area contributed by atoms with Gasteiger partial charge in [-0.05, 0) is 6.42 Å².